The Bertz CT molecular complexity index is 575. The topological polar surface area (TPSA) is 50.2 Å². The predicted molar refractivity (Wildman–Crippen MR) is 72.3 cm³/mol. The molecule has 0 aliphatic heterocycles. The minimum Gasteiger partial charge on any atom is -0.478 e. The van der Waals surface area contributed by atoms with E-state index in [1.807, 2.05) is 12.3 Å². The van der Waals surface area contributed by atoms with Crippen molar-refractivity contribution in [3.63, 3.8) is 0 Å². The molecule has 0 aliphatic rings. The van der Waals surface area contributed by atoms with E-state index >= 15 is 0 Å². The van der Waals surface area contributed by atoms with Crippen molar-refractivity contribution in [1.29, 1.82) is 0 Å². The molecule has 0 unspecified atom stereocenters. The van der Waals surface area contributed by atoms with Crippen LogP contribution in [0.5, 0.6) is 0 Å². The van der Waals surface area contributed by atoms with Gasteiger partial charge >= 0.3 is 5.97 Å². The molecule has 0 radical (unpaired) electrons. The van der Waals surface area contributed by atoms with Gasteiger partial charge in [0.25, 0.3) is 0 Å². The Morgan fingerprint density at radius 3 is 2.82 bits per heavy atom. The zero-order valence-electron chi connectivity index (χ0n) is 9.85. The molecule has 17 heavy (non-hydrogen) atoms. The third-order valence-electron chi connectivity index (χ3n) is 2.30. The summed E-state index contributed by atoms with van der Waals surface area (Å²) in [7, 11) is 0. The van der Waals surface area contributed by atoms with Gasteiger partial charge in [-0.3, -0.25) is 4.98 Å². The number of aromatic nitrogens is 1. The molecule has 0 saturated carbocycles. The molecule has 0 fully saturated rings. The molecule has 5 heteroatoms. The lowest BCUT2D eigenvalue weighted by Crippen LogP contribution is -2.01. The predicted octanol–water partition coefficient (Wildman–Crippen LogP) is 3.80. The molecule has 0 saturated heterocycles. The lowest BCUT2D eigenvalue weighted by Gasteiger charge is -2.09. The first-order valence-corrected chi connectivity index (χ1v) is 7.03. The van der Waals surface area contributed by atoms with E-state index in [0.29, 0.717) is 10.8 Å². The van der Waals surface area contributed by atoms with Gasteiger partial charge in [-0.05, 0) is 17.9 Å². The van der Waals surface area contributed by atoms with Crippen LogP contribution in [0.4, 0.5) is 0 Å². The normalized spacial score (nSPS) is 11.3. The maximum absolute atomic E-state index is 11.2. The molecule has 90 valence electrons. The molecule has 3 nitrogen and oxygen atoms in total. The Hall–Kier alpha value is -1.07. The largest absolute Gasteiger partial charge is 0.478 e. The quantitative estimate of drug-likeness (QED) is 0.859. The maximum atomic E-state index is 11.2. The molecule has 2 aromatic rings. The van der Waals surface area contributed by atoms with Gasteiger partial charge in [-0.1, -0.05) is 13.8 Å². The fourth-order valence-electron chi connectivity index (χ4n) is 1.57. The second-order valence-corrected chi connectivity index (χ2v) is 6.54. The number of fused-ring (bicyclic) bond motifs is 1. The Kier molecular flexibility index (Phi) is 3.40. The summed E-state index contributed by atoms with van der Waals surface area (Å²) in [6.45, 7) is 6.11. The number of aryl methyl sites for hydroxylation is 1. The number of pyridine rings is 1. The summed E-state index contributed by atoms with van der Waals surface area (Å²) in [6.07, 6.45) is 1.47. The highest BCUT2D eigenvalue weighted by molar-refractivity contribution is 8.00. The number of carboxylic acids is 1. The highest BCUT2D eigenvalue weighted by Gasteiger charge is 2.18. The molecule has 0 amide bonds. The number of nitrogens with zero attached hydrogens (tertiary/aromatic N) is 1. The molecule has 0 atom stereocenters. The smallest absolute Gasteiger partial charge is 0.338 e. The Morgan fingerprint density at radius 2 is 2.24 bits per heavy atom. The second kappa shape index (κ2) is 4.66. The standard InChI is InChI=1S/C12H13NO2S2/c1-6(2)17-10-8(12(14)15)4-13-9-7(3)5-16-11(9)10/h4-6H,1-3H3,(H,14,15). The van der Waals surface area contributed by atoms with E-state index in [-0.39, 0.29) is 0 Å². The molecule has 2 rings (SSSR count). The Morgan fingerprint density at radius 1 is 1.53 bits per heavy atom. The Balaban J connectivity index is 2.70. The highest BCUT2D eigenvalue weighted by atomic mass is 32.2. The number of aromatic carboxylic acids is 1. The van der Waals surface area contributed by atoms with Crippen molar-refractivity contribution in [3.8, 4) is 0 Å². The van der Waals surface area contributed by atoms with Crippen LogP contribution in [0.15, 0.2) is 16.5 Å². The minimum atomic E-state index is -0.909. The van der Waals surface area contributed by atoms with Gasteiger partial charge in [0.15, 0.2) is 0 Å². The summed E-state index contributed by atoms with van der Waals surface area (Å²) < 4.78 is 0.987. The number of thiophene rings is 1. The molecular weight excluding hydrogens is 254 g/mol. The van der Waals surface area contributed by atoms with Gasteiger partial charge in [0.1, 0.15) is 0 Å². The molecule has 2 aromatic heterocycles. The van der Waals surface area contributed by atoms with Crippen molar-refractivity contribution < 1.29 is 9.90 Å². The van der Waals surface area contributed by atoms with E-state index in [1.54, 1.807) is 23.1 Å². The van der Waals surface area contributed by atoms with Gasteiger partial charge < -0.3 is 5.11 Å². The van der Waals surface area contributed by atoms with E-state index in [1.165, 1.54) is 6.20 Å². The van der Waals surface area contributed by atoms with E-state index in [0.717, 1.165) is 20.7 Å². The van der Waals surface area contributed by atoms with Crippen molar-refractivity contribution >= 4 is 39.3 Å². The summed E-state index contributed by atoms with van der Waals surface area (Å²) in [4.78, 5) is 16.3. The van der Waals surface area contributed by atoms with Gasteiger partial charge in [0, 0.05) is 16.3 Å². The minimum absolute atomic E-state index is 0.304. The summed E-state index contributed by atoms with van der Waals surface area (Å²) in [6, 6.07) is 0. The van der Waals surface area contributed by atoms with Crippen molar-refractivity contribution in [2.24, 2.45) is 0 Å². The van der Waals surface area contributed by atoms with Gasteiger partial charge in [-0.15, -0.1) is 23.1 Å². The Labute approximate surface area is 108 Å². The van der Waals surface area contributed by atoms with Crippen molar-refractivity contribution in [2.75, 3.05) is 0 Å². The lowest BCUT2D eigenvalue weighted by molar-refractivity contribution is 0.0693. The van der Waals surface area contributed by atoms with E-state index in [4.69, 9.17) is 0 Å². The fraction of sp³-hybridized carbons (Fsp3) is 0.333. The van der Waals surface area contributed by atoms with Crippen LogP contribution in [0.2, 0.25) is 0 Å². The van der Waals surface area contributed by atoms with Crippen molar-refractivity contribution in [3.05, 3.63) is 22.7 Å². The summed E-state index contributed by atoms with van der Waals surface area (Å²) >= 11 is 3.15. The first-order valence-electron chi connectivity index (χ1n) is 5.27. The number of thioether (sulfide) groups is 1. The number of hydrogen-bond donors (Lipinski definition) is 1. The molecule has 0 spiro atoms. The third kappa shape index (κ3) is 2.30. The van der Waals surface area contributed by atoms with Crippen LogP contribution in [-0.4, -0.2) is 21.3 Å². The van der Waals surface area contributed by atoms with Crippen molar-refractivity contribution in [1.82, 2.24) is 4.98 Å². The summed E-state index contributed by atoms with van der Waals surface area (Å²) in [5, 5.41) is 11.6. The van der Waals surface area contributed by atoms with Crippen LogP contribution < -0.4 is 0 Å². The van der Waals surface area contributed by atoms with Crippen LogP contribution >= 0.6 is 23.1 Å². The molecule has 0 aromatic carbocycles. The van der Waals surface area contributed by atoms with Gasteiger partial charge in [-0.25, -0.2) is 4.79 Å². The van der Waals surface area contributed by atoms with E-state index in [2.05, 4.69) is 18.8 Å². The average molecular weight is 267 g/mol. The average Bonchev–Trinajstić information content (AvgIpc) is 2.60. The number of carboxylic acid groups (broad SMARTS) is 1. The zero-order valence-corrected chi connectivity index (χ0v) is 11.5. The number of hydrogen-bond acceptors (Lipinski definition) is 4. The van der Waals surface area contributed by atoms with E-state index < -0.39 is 5.97 Å². The summed E-state index contributed by atoms with van der Waals surface area (Å²) in [5.41, 5.74) is 2.33. The monoisotopic (exact) mass is 267 g/mol. The molecule has 0 aliphatic carbocycles. The highest BCUT2D eigenvalue weighted by Crippen LogP contribution is 2.37. The number of carbonyl (C=O) groups is 1. The first kappa shape index (κ1) is 12.4. The SMILES string of the molecule is Cc1csc2c(SC(C)C)c(C(=O)O)cnc12. The number of rotatable bonds is 3. The lowest BCUT2D eigenvalue weighted by atomic mass is 10.2. The van der Waals surface area contributed by atoms with Crippen LogP contribution in [-0.2, 0) is 0 Å². The third-order valence-corrected chi connectivity index (χ3v) is 4.66. The van der Waals surface area contributed by atoms with Gasteiger partial charge in [-0.2, -0.15) is 0 Å². The van der Waals surface area contributed by atoms with Gasteiger partial charge in [0.05, 0.1) is 15.8 Å². The van der Waals surface area contributed by atoms with Crippen LogP contribution in [0, 0.1) is 6.92 Å². The van der Waals surface area contributed by atoms with Gasteiger partial charge in [0.2, 0.25) is 0 Å². The molecular formula is C12H13NO2S2. The zero-order chi connectivity index (χ0) is 12.6. The maximum Gasteiger partial charge on any atom is 0.338 e. The van der Waals surface area contributed by atoms with Crippen molar-refractivity contribution in [2.45, 2.75) is 30.9 Å². The fourth-order valence-corrected chi connectivity index (χ4v) is 3.75. The molecule has 0 bridgehead atoms. The first-order chi connectivity index (χ1) is 8.00. The van der Waals surface area contributed by atoms with E-state index in [9.17, 15) is 9.90 Å². The summed E-state index contributed by atoms with van der Waals surface area (Å²) in [5.74, 6) is -0.909. The van der Waals surface area contributed by atoms with Crippen LogP contribution in [0.1, 0.15) is 29.8 Å². The second-order valence-electron chi connectivity index (χ2n) is 4.07. The molecule has 2 heterocycles. The molecule has 1 N–H and O–H groups in total. The van der Waals surface area contributed by atoms with Crippen LogP contribution in [0.3, 0.4) is 0 Å². The van der Waals surface area contributed by atoms with Crippen LogP contribution in [0.25, 0.3) is 10.2 Å².